The maximum Gasteiger partial charge on any atom is 0.165 e. The van der Waals surface area contributed by atoms with Gasteiger partial charge in [0.05, 0.1) is 13.7 Å². The molecule has 0 heterocycles. The van der Waals surface area contributed by atoms with Crippen molar-refractivity contribution in [3.8, 4) is 11.5 Å². The van der Waals surface area contributed by atoms with Gasteiger partial charge in [-0.2, -0.15) is 0 Å². The molecule has 0 aromatic heterocycles. The number of halogens is 1. The van der Waals surface area contributed by atoms with Gasteiger partial charge in [-0.25, -0.2) is 0 Å². The number of hydrogen-bond donors (Lipinski definition) is 1. The van der Waals surface area contributed by atoms with Gasteiger partial charge in [0.25, 0.3) is 0 Å². The number of rotatable bonds is 11. The van der Waals surface area contributed by atoms with E-state index < -0.39 is 0 Å². The van der Waals surface area contributed by atoms with Crippen molar-refractivity contribution in [1.29, 1.82) is 0 Å². The third-order valence-electron chi connectivity index (χ3n) is 2.94. The van der Waals surface area contributed by atoms with Crippen LogP contribution in [0.2, 0.25) is 5.02 Å². The Bertz CT molecular complexity index is 413. The molecule has 120 valence electrons. The fourth-order valence-electron chi connectivity index (χ4n) is 1.95. The zero-order valence-corrected chi connectivity index (χ0v) is 14.0. The Morgan fingerprint density at radius 2 is 2.00 bits per heavy atom. The van der Waals surface area contributed by atoms with Crippen molar-refractivity contribution < 1.29 is 14.2 Å². The Labute approximate surface area is 132 Å². The normalized spacial score (nSPS) is 10.7. The Hall–Kier alpha value is -0.970. The Morgan fingerprint density at radius 3 is 2.67 bits per heavy atom. The maximum atomic E-state index is 6.13. The molecule has 0 bridgehead atoms. The lowest BCUT2D eigenvalue weighted by atomic mass is 10.1. The van der Waals surface area contributed by atoms with Crippen LogP contribution in [0.1, 0.15) is 32.3 Å². The minimum Gasteiger partial charge on any atom is -0.493 e. The van der Waals surface area contributed by atoms with E-state index in [0.717, 1.165) is 37.3 Å². The molecule has 1 aromatic rings. The summed E-state index contributed by atoms with van der Waals surface area (Å²) in [5.74, 6) is 1.44. The molecule has 0 aliphatic rings. The standard InChI is InChI=1S/C16H26ClNO3/c1-4-7-18-12-13-10-14(17)11-15(19-3)16(13)21-9-6-8-20-5-2/h10-11,18H,4-9,12H2,1-3H3. The fourth-order valence-corrected chi connectivity index (χ4v) is 2.18. The number of methoxy groups -OCH3 is 1. The van der Waals surface area contributed by atoms with Crippen LogP contribution in [0.5, 0.6) is 11.5 Å². The minimum absolute atomic E-state index is 0.596. The molecule has 0 amide bonds. The fraction of sp³-hybridized carbons (Fsp3) is 0.625. The van der Waals surface area contributed by atoms with E-state index in [0.29, 0.717) is 30.5 Å². The van der Waals surface area contributed by atoms with Gasteiger partial charge in [-0.1, -0.05) is 18.5 Å². The molecule has 0 saturated heterocycles. The van der Waals surface area contributed by atoms with Crippen LogP contribution in [0.25, 0.3) is 0 Å². The number of nitrogens with one attached hydrogen (secondary N) is 1. The molecule has 5 heteroatoms. The van der Waals surface area contributed by atoms with E-state index in [4.69, 9.17) is 25.8 Å². The van der Waals surface area contributed by atoms with E-state index in [1.807, 2.05) is 13.0 Å². The monoisotopic (exact) mass is 315 g/mol. The third-order valence-corrected chi connectivity index (χ3v) is 3.16. The van der Waals surface area contributed by atoms with E-state index in [2.05, 4.69) is 12.2 Å². The predicted octanol–water partition coefficient (Wildman–Crippen LogP) is 3.65. The molecule has 0 fully saturated rings. The first-order chi connectivity index (χ1) is 10.2. The van der Waals surface area contributed by atoms with E-state index in [1.54, 1.807) is 13.2 Å². The number of hydrogen-bond acceptors (Lipinski definition) is 4. The number of ether oxygens (including phenoxy) is 3. The summed E-state index contributed by atoms with van der Waals surface area (Å²) in [6.45, 7) is 7.83. The molecular formula is C16H26ClNO3. The summed E-state index contributed by atoms with van der Waals surface area (Å²) in [6, 6.07) is 3.70. The van der Waals surface area contributed by atoms with E-state index >= 15 is 0 Å². The van der Waals surface area contributed by atoms with Crippen molar-refractivity contribution in [1.82, 2.24) is 5.32 Å². The van der Waals surface area contributed by atoms with E-state index in [-0.39, 0.29) is 0 Å². The molecule has 0 atom stereocenters. The van der Waals surface area contributed by atoms with Crippen molar-refractivity contribution in [3.63, 3.8) is 0 Å². The van der Waals surface area contributed by atoms with Crippen LogP contribution in [0, 0.1) is 0 Å². The van der Waals surface area contributed by atoms with Gasteiger partial charge in [0, 0.05) is 42.8 Å². The molecule has 0 spiro atoms. The lowest BCUT2D eigenvalue weighted by molar-refractivity contribution is 0.130. The summed E-state index contributed by atoms with van der Waals surface area (Å²) in [5.41, 5.74) is 1.02. The Kier molecular flexibility index (Phi) is 9.22. The number of benzene rings is 1. The van der Waals surface area contributed by atoms with Gasteiger partial charge >= 0.3 is 0 Å². The first-order valence-electron chi connectivity index (χ1n) is 7.50. The van der Waals surface area contributed by atoms with Gasteiger partial charge in [-0.15, -0.1) is 0 Å². The highest BCUT2D eigenvalue weighted by Crippen LogP contribution is 2.34. The van der Waals surface area contributed by atoms with Crippen LogP contribution < -0.4 is 14.8 Å². The second kappa shape index (κ2) is 10.7. The molecule has 1 aromatic carbocycles. The molecule has 4 nitrogen and oxygen atoms in total. The highest BCUT2D eigenvalue weighted by atomic mass is 35.5. The van der Waals surface area contributed by atoms with Gasteiger partial charge in [0.15, 0.2) is 11.5 Å². The van der Waals surface area contributed by atoms with Crippen molar-refractivity contribution in [3.05, 3.63) is 22.7 Å². The molecule has 0 aliphatic heterocycles. The van der Waals surface area contributed by atoms with E-state index in [9.17, 15) is 0 Å². The molecule has 0 unspecified atom stereocenters. The van der Waals surface area contributed by atoms with Gasteiger partial charge < -0.3 is 19.5 Å². The van der Waals surface area contributed by atoms with Crippen LogP contribution in [0.15, 0.2) is 12.1 Å². The second-order valence-electron chi connectivity index (χ2n) is 4.67. The topological polar surface area (TPSA) is 39.7 Å². The molecule has 0 saturated carbocycles. The van der Waals surface area contributed by atoms with Crippen LogP contribution in [-0.2, 0) is 11.3 Å². The van der Waals surface area contributed by atoms with Crippen LogP contribution in [-0.4, -0.2) is 33.5 Å². The van der Waals surface area contributed by atoms with Crippen LogP contribution in [0.3, 0.4) is 0 Å². The average molecular weight is 316 g/mol. The molecule has 21 heavy (non-hydrogen) atoms. The van der Waals surface area contributed by atoms with Crippen molar-refractivity contribution >= 4 is 11.6 Å². The second-order valence-corrected chi connectivity index (χ2v) is 5.11. The summed E-state index contributed by atoms with van der Waals surface area (Å²) in [7, 11) is 1.63. The molecule has 0 radical (unpaired) electrons. The van der Waals surface area contributed by atoms with Gasteiger partial charge in [-0.05, 0) is 26.0 Å². The summed E-state index contributed by atoms with van der Waals surface area (Å²) >= 11 is 6.13. The lowest BCUT2D eigenvalue weighted by Crippen LogP contribution is -2.15. The summed E-state index contributed by atoms with van der Waals surface area (Å²) < 4.78 is 16.6. The first-order valence-corrected chi connectivity index (χ1v) is 7.88. The predicted molar refractivity (Wildman–Crippen MR) is 86.6 cm³/mol. The first kappa shape index (κ1) is 18.1. The van der Waals surface area contributed by atoms with Crippen molar-refractivity contribution in [2.45, 2.75) is 33.2 Å². The van der Waals surface area contributed by atoms with Gasteiger partial charge in [0.1, 0.15) is 0 Å². The van der Waals surface area contributed by atoms with Crippen LogP contribution >= 0.6 is 11.6 Å². The highest BCUT2D eigenvalue weighted by Gasteiger charge is 2.12. The molecular weight excluding hydrogens is 290 g/mol. The average Bonchev–Trinajstić information content (AvgIpc) is 2.48. The molecule has 0 aliphatic carbocycles. The lowest BCUT2D eigenvalue weighted by Gasteiger charge is -2.16. The zero-order valence-electron chi connectivity index (χ0n) is 13.2. The summed E-state index contributed by atoms with van der Waals surface area (Å²) in [6.07, 6.45) is 1.93. The zero-order chi connectivity index (χ0) is 15.5. The minimum atomic E-state index is 0.596. The molecule has 1 N–H and O–H groups in total. The van der Waals surface area contributed by atoms with Crippen molar-refractivity contribution in [2.75, 3.05) is 33.5 Å². The largest absolute Gasteiger partial charge is 0.493 e. The van der Waals surface area contributed by atoms with Gasteiger partial charge in [-0.3, -0.25) is 0 Å². The Morgan fingerprint density at radius 1 is 1.19 bits per heavy atom. The van der Waals surface area contributed by atoms with Crippen LogP contribution in [0.4, 0.5) is 0 Å². The SMILES string of the molecule is CCCNCc1cc(Cl)cc(OC)c1OCCCOCC. The summed E-state index contributed by atoms with van der Waals surface area (Å²) in [4.78, 5) is 0. The van der Waals surface area contributed by atoms with E-state index in [1.165, 1.54) is 0 Å². The highest BCUT2D eigenvalue weighted by molar-refractivity contribution is 6.30. The van der Waals surface area contributed by atoms with Crippen molar-refractivity contribution in [2.24, 2.45) is 0 Å². The smallest absolute Gasteiger partial charge is 0.165 e. The maximum absolute atomic E-state index is 6.13. The Balaban J connectivity index is 2.71. The molecule has 1 rings (SSSR count). The third kappa shape index (κ3) is 6.55. The summed E-state index contributed by atoms with van der Waals surface area (Å²) in [5, 5.41) is 4.02. The van der Waals surface area contributed by atoms with Gasteiger partial charge in [0.2, 0.25) is 0 Å². The quantitative estimate of drug-likeness (QED) is 0.633.